The van der Waals surface area contributed by atoms with Crippen molar-refractivity contribution >= 4 is 23.2 Å². The molecule has 1 aromatic heterocycles. The quantitative estimate of drug-likeness (QED) is 0.785. The molecule has 116 valence electrons. The number of nitrogens with zero attached hydrogens (tertiary/aromatic N) is 2. The Morgan fingerprint density at radius 1 is 1.09 bits per heavy atom. The van der Waals surface area contributed by atoms with Crippen LogP contribution in [0.25, 0.3) is 5.69 Å². The van der Waals surface area contributed by atoms with Crippen LogP contribution in [-0.4, -0.2) is 15.7 Å². The maximum Gasteiger partial charge on any atom is 0.276 e. The predicted octanol–water partition coefficient (Wildman–Crippen LogP) is 4.06. The summed E-state index contributed by atoms with van der Waals surface area (Å²) < 4.78 is 28.1. The molecule has 7 heteroatoms. The van der Waals surface area contributed by atoms with Crippen molar-refractivity contribution in [2.75, 3.05) is 5.32 Å². The fraction of sp³-hybridized carbons (Fsp3) is 0. The summed E-state index contributed by atoms with van der Waals surface area (Å²) in [5.41, 5.74) is 0.659. The van der Waals surface area contributed by atoms with Crippen molar-refractivity contribution in [2.24, 2.45) is 0 Å². The lowest BCUT2D eigenvalue weighted by molar-refractivity contribution is 0.102. The van der Waals surface area contributed by atoms with Crippen LogP contribution < -0.4 is 5.32 Å². The highest BCUT2D eigenvalue weighted by atomic mass is 35.5. The van der Waals surface area contributed by atoms with E-state index in [9.17, 15) is 13.6 Å². The summed E-state index contributed by atoms with van der Waals surface area (Å²) in [7, 11) is 0. The van der Waals surface area contributed by atoms with E-state index in [2.05, 4.69) is 10.4 Å². The maximum atomic E-state index is 13.7. The highest BCUT2D eigenvalue weighted by molar-refractivity contribution is 6.31. The van der Waals surface area contributed by atoms with Gasteiger partial charge in [-0.1, -0.05) is 23.7 Å². The first-order valence-corrected chi connectivity index (χ1v) is 6.99. The molecule has 0 bridgehead atoms. The third kappa shape index (κ3) is 3.22. The Bertz CT molecular complexity index is 879. The van der Waals surface area contributed by atoms with E-state index < -0.39 is 17.5 Å². The number of amides is 1. The zero-order valence-electron chi connectivity index (χ0n) is 11.6. The summed E-state index contributed by atoms with van der Waals surface area (Å²) in [5.74, 6) is -1.54. The third-order valence-corrected chi connectivity index (χ3v) is 3.39. The van der Waals surface area contributed by atoms with Gasteiger partial charge in [0.15, 0.2) is 5.69 Å². The van der Waals surface area contributed by atoms with Crippen LogP contribution in [0.5, 0.6) is 0 Å². The summed E-state index contributed by atoms with van der Waals surface area (Å²) in [6.45, 7) is 0. The highest BCUT2D eigenvalue weighted by Gasteiger charge is 2.13. The van der Waals surface area contributed by atoms with Crippen LogP contribution in [0.4, 0.5) is 14.5 Å². The number of hydrogen-bond donors (Lipinski definition) is 1. The summed E-state index contributed by atoms with van der Waals surface area (Å²) in [4.78, 5) is 12.1. The second-order valence-electron chi connectivity index (χ2n) is 4.68. The molecule has 0 radical (unpaired) electrons. The highest BCUT2D eigenvalue weighted by Crippen LogP contribution is 2.20. The zero-order chi connectivity index (χ0) is 16.4. The molecular weight excluding hydrogens is 324 g/mol. The average Bonchev–Trinajstić information content (AvgIpc) is 3.01. The van der Waals surface area contributed by atoms with E-state index in [-0.39, 0.29) is 16.4 Å². The van der Waals surface area contributed by atoms with Crippen LogP contribution in [0.3, 0.4) is 0 Å². The van der Waals surface area contributed by atoms with E-state index in [1.165, 1.54) is 35.1 Å². The van der Waals surface area contributed by atoms with Crippen molar-refractivity contribution in [1.82, 2.24) is 9.78 Å². The van der Waals surface area contributed by atoms with Crippen molar-refractivity contribution < 1.29 is 13.6 Å². The number of hydrogen-bond acceptors (Lipinski definition) is 2. The minimum Gasteiger partial charge on any atom is -0.321 e. The van der Waals surface area contributed by atoms with Crippen molar-refractivity contribution in [3.63, 3.8) is 0 Å². The number of anilines is 1. The van der Waals surface area contributed by atoms with E-state index in [1.54, 1.807) is 18.2 Å². The first-order valence-electron chi connectivity index (χ1n) is 6.61. The summed E-state index contributed by atoms with van der Waals surface area (Å²) in [6.07, 6.45) is 1.48. The first-order chi connectivity index (χ1) is 11.0. The molecule has 2 aromatic carbocycles. The summed E-state index contributed by atoms with van der Waals surface area (Å²) in [6, 6.07) is 11.4. The number of benzene rings is 2. The lowest BCUT2D eigenvalue weighted by Gasteiger charge is -2.04. The lowest BCUT2D eigenvalue weighted by Crippen LogP contribution is -2.13. The van der Waals surface area contributed by atoms with Crippen molar-refractivity contribution in [3.8, 4) is 5.69 Å². The van der Waals surface area contributed by atoms with Gasteiger partial charge in [0.1, 0.15) is 17.3 Å². The predicted molar refractivity (Wildman–Crippen MR) is 82.9 cm³/mol. The van der Waals surface area contributed by atoms with Gasteiger partial charge in [0.25, 0.3) is 5.91 Å². The van der Waals surface area contributed by atoms with Gasteiger partial charge in [0, 0.05) is 11.9 Å². The van der Waals surface area contributed by atoms with Gasteiger partial charge in [-0.3, -0.25) is 4.79 Å². The maximum absolute atomic E-state index is 13.7. The van der Waals surface area contributed by atoms with Gasteiger partial charge in [-0.2, -0.15) is 5.10 Å². The molecular formula is C16H10ClF2N3O. The van der Waals surface area contributed by atoms with Crippen molar-refractivity contribution in [3.05, 3.63) is 77.1 Å². The molecule has 3 rings (SSSR count). The van der Waals surface area contributed by atoms with Gasteiger partial charge in [-0.25, -0.2) is 13.5 Å². The van der Waals surface area contributed by atoms with Gasteiger partial charge < -0.3 is 5.32 Å². The molecule has 0 unspecified atom stereocenters. The molecule has 0 spiro atoms. The first kappa shape index (κ1) is 15.2. The standard InChI is InChI=1S/C16H10ClF2N3O/c17-11-9-10(5-6-12(11)18)20-16(23)14-7-8-22(21-14)15-4-2-1-3-13(15)19/h1-9H,(H,20,23). The molecule has 0 aliphatic heterocycles. The smallest absolute Gasteiger partial charge is 0.276 e. The lowest BCUT2D eigenvalue weighted by atomic mass is 10.3. The number of aromatic nitrogens is 2. The molecule has 1 N–H and O–H groups in total. The number of halogens is 3. The van der Waals surface area contributed by atoms with Gasteiger partial charge in [0.2, 0.25) is 0 Å². The van der Waals surface area contributed by atoms with Gasteiger partial charge in [-0.15, -0.1) is 0 Å². The van der Waals surface area contributed by atoms with Gasteiger partial charge >= 0.3 is 0 Å². The average molecular weight is 334 g/mol. The zero-order valence-corrected chi connectivity index (χ0v) is 12.4. The van der Waals surface area contributed by atoms with E-state index in [0.29, 0.717) is 5.69 Å². The molecule has 23 heavy (non-hydrogen) atoms. The molecule has 0 atom stereocenters. The van der Waals surface area contributed by atoms with E-state index in [0.717, 1.165) is 6.07 Å². The second kappa shape index (κ2) is 6.18. The molecule has 0 saturated heterocycles. The van der Waals surface area contributed by atoms with Gasteiger partial charge in [-0.05, 0) is 36.4 Å². The number of carbonyl (C=O) groups excluding carboxylic acids is 1. The SMILES string of the molecule is O=C(Nc1ccc(F)c(Cl)c1)c1ccn(-c2ccccc2F)n1. The van der Waals surface area contributed by atoms with Crippen molar-refractivity contribution in [2.45, 2.75) is 0 Å². The molecule has 1 amide bonds. The van der Waals surface area contributed by atoms with Crippen LogP contribution in [-0.2, 0) is 0 Å². The summed E-state index contributed by atoms with van der Waals surface area (Å²) in [5, 5.41) is 6.48. The molecule has 1 heterocycles. The molecule has 0 aliphatic rings. The fourth-order valence-electron chi connectivity index (χ4n) is 1.99. The third-order valence-electron chi connectivity index (χ3n) is 3.10. The number of rotatable bonds is 3. The van der Waals surface area contributed by atoms with E-state index >= 15 is 0 Å². The fourth-order valence-corrected chi connectivity index (χ4v) is 2.17. The normalized spacial score (nSPS) is 10.6. The van der Waals surface area contributed by atoms with Crippen LogP contribution in [0.15, 0.2) is 54.7 Å². The number of para-hydroxylation sites is 1. The van der Waals surface area contributed by atoms with E-state index in [4.69, 9.17) is 11.6 Å². The molecule has 0 fully saturated rings. The van der Waals surface area contributed by atoms with E-state index in [1.807, 2.05) is 0 Å². The minimum absolute atomic E-state index is 0.0914. The Balaban J connectivity index is 1.81. The van der Waals surface area contributed by atoms with Crippen LogP contribution >= 0.6 is 11.6 Å². The number of nitrogens with one attached hydrogen (secondary N) is 1. The Morgan fingerprint density at radius 2 is 1.87 bits per heavy atom. The molecule has 4 nitrogen and oxygen atoms in total. The van der Waals surface area contributed by atoms with Crippen LogP contribution in [0.2, 0.25) is 5.02 Å². The Labute approximate surface area is 135 Å². The Hall–Kier alpha value is -2.73. The Kier molecular flexibility index (Phi) is 4.08. The second-order valence-corrected chi connectivity index (χ2v) is 5.09. The largest absolute Gasteiger partial charge is 0.321 e. The topological polar surface area (TPSA) is 46.9 Å². The molecule has 0 saturated carbocycles. The van der Waals surface area contributed by atoms with Crippen LogP contribution in [0, 0.1) is 11.6 Å². The van der Waals surface area contributed by atoms with Crippen molar-refractivity contribution in [1.29, 1.82) is 0 Å². The Morgan fingerprint density at radius 3 is 2.61 bits per heavy atom. The molecule has 0 aliphatic carbocycles. The van der Waals surface area contributed by atoms with Gasteiger partial charge in [0.05, 0.1) is 5.02 Å². The number of carbonyl (C=O) groups is 1. The van der Waals surface area contributed by atoms with Crippen LogP contribution in [0.1, 0.15) is 10.5 Å². The summed E-state index contributed by atoms with van der Waals surface area (Å²) >= 11 is 5.66. The minimum atomic E-state index is -0.575. The monoisotopic (exact) mass is 333 g/mol. The molecule has 3 aromatic rings.